The van der Waals surface area contributed by atoms with Gasteiger partial charge in [-0.2, -0.15) is 0 Å². The molecule has 1 aliphatic rings. The number of hydrogen-bond acceptors (Lipinski definition) is 3. The largest absolute Gasteiger partial charge is 0.419 e. The Kier molecular flexibility index (Phi) is 4.22. The van der Waals surface area contributed by atoms with Crippen LogP contribution >= 0.6 is 15.9 Å². The summed E-state index contributed by atoms with van der Waals surface area (Å²) in [6.45, 7) is 2.85. The van der Waals surface area contributed by atoms with E-state index < -0.39 is 0 Å². The van der Waals surface area contributed by atoms with Gasteiger partial charge in [0.15, 0.2) is 5.58 Å². The van der Waals surface area contributed by atoms with Crippen molar-refractivity contribution in [3.63, 3.8) is 0 Å². The second-order valence-corrected chi connectivity index (χ2v) is 6.88. The van der Waals surface area contributed by atoms with Gasteiger partial charge in [0.05, 0.1) is 11.6 Å². The molecule has 0 saturated heterocycles. The van der Waals surface area contributed by atoms with E-state index in [1.54, 1.807) is 7.05 Å². The smallest absolute Gasteiger partial charge is 0.408 e. The third-order valence-electron chi connectivity index (χ3n) is 4.31. The van der Waals surface area contributed by atoms with E-state index in [1.165, 1.54) is 4.57 Å². The summed E-state index contributed by atoms with van der Waals surface area (Å²) in [6, 6.07) is 5.98. The number of ether oxygens (including phenoxy) is 1. The lowest BCUT2D eigenvalue weighted by Crippen LogP contribution is -2.31. The average molecular weight is 354 g/mol. The molecule has 0 aliphatic heterocycles. The predicted molar refractivity (Wildman–Crippen MR) is 85.9 cm³/mol. The summed E-state index contributed by atoms with van der Waals surface area (Å²) in [6.07, 6.45) is 3.85. The van der Waals surface area contributed by atoms with Crippen LogP contribution in [-0.2, 0) is 11.8 Å². The van der Waals surface area contributed by atoms with Crippen molar-refractivity contribution in [1.82, 2.24) is 4.57 Å². The van der Waals surface area contributed by atoms with E-state index in [1.807, 2.05) is 19.1 Å². The molecule has 1 aromatic carbocycles. The first-order valence-corrected chi connectivity index (χ1v) is 8.35. The van der Waals surface area contributed by atoms with Crippen molar-refractivity contribution in [3.05, 3.63) is 34.3 Å². The fourth-order valence-corrected chi connectivity index (χ4v) is 3.83. The number of hydrogen-bond donors (Lipinski definition) is 0. The summed E-state index contributed by atoms with van der Waals surface area (Å²) in [5.74, 6) is 0.399. The zero-order chi connectivity index (χ0) is 15.0. The summed E-state index contributed by atoms with van der Waals surface area (Å²) in [5, 5.41) is 0. The molecule has 0 radical (unpaired) electrons. The van der Waals surface area contributed by atoms with Gasteiger partial charge >= 0.3 is 5.76 Å². The Hall–Kier alpha value is -1.07. The van der Waals surface area contributed by atoms with Crippen LogP contribution in [0.4, 0.5) is 0 Å². The predicted octanol–water partition coefficient (Wildman–Crippen LogP) is 3.77. The van der Waals surface area contributed by atoms with Crippen molar-refractivity contribution < 1.29 is 9.15 Å². The maximum absolute atomic E-state index is 11.5. The molecular weight excluding hydrogens is 334 g/mol. The van der Waals surface area contributed by atoms with Crippen LogP contribution in [0.1, 0.15) is 36.6 Å². The first kappa shape index (κ1) is 14.9. The molecule has 1 atom stereocenters. The van der Waals surface area contributed by atoms with E-state index >= 15 is 0 Å². The van der Waals surface area contributed by atoms with Gasteiger partial charge in [-0.3, -0.25) is 4.57 Å². The number of rotatable bonds is 5. The molecule has 3 rings (SSSR count). The first-order valence-electron chi connectivity index (χ1n) is 7.43. The van der Waals surface area contributed by atoms with Gasteiger partial charge < -0.3 is 9.15 Å². The quantitative estimate of drug-likeness (QED) is 0.768. The van der Waals surface area contributed by atoms with E-state index in [0.29, 0.717) is 22.4 Å². The minimum Gasteiger partial charge on any atom is -0.408 e. The normalized spacial score (nSPS) is 23.2. The van der Waals surface area contributed by atoms with Gasteiger partial charge in [0.1, 0.15) is 0 Å². The van der Waals surface area contributed by atoms with Gasteiger partial charge in [-0.25, -0.2) is 4.79 Å². The Balaban J connectivity index is 1.68. The number of halogens is 1. The maximum atomic E-state index is 11.5. The lowest BCUT2D eigenvalue weighted by Gasteiger charge is -2.36. The third kappa shape index (κ3) is 2.94. The third-order valence-corrected chi connectivity index (χ3v) is 5.22. The Morgan fingerprint density at radius 1 is 1.48 bits per heavy atom. The number of nitrogens with zero attached hydrogens (tertiary/aromatic N) is 1. The molecule has 1 aromatic heterocycles. The highest BCUT2D eigenvalue weighted by Crippen LogP contribution is 2.40. The molecule has 1 heterocycles. The van der Waals surface area contributed by atoms with Gasteiger partial charge in [0, 0.05) is 18.5 Å². The van der Waals surface area contributed by atoms with Gasteiger partial charge in [-0.1, -0.05) is 22.0 Å². The molecule has 5 heteroatoms. The minimum atomic E-state index is -0.313. The minimum absolute atomic E-state index is 0.292. The molecule has 1 saturated carbocycles. The number of aryl methyl sites for hydroxylation is 1. The van der Waals surface area contributed by atoms with Crippen LogP contribution in [0.3, 0.4) is 0 Å². The number of fused-ring (bicyclic) bond motifs is 1. The summed E-state index contributed by atoms with van der Waals surface area (Å²) in [7, 11) is 1.72. The zero-order valence-corrected chi connectivity index (χ0v) is 13.9. The summed E-state index contributed by atoms with van der Waals surface area (Å²) in [4.78, 5) is 11.8. The number of aromatic nitrogens is 1. The second-order valence-electron chi connectivity index (χ2n) is 5.77. The average Bonchev–Trinajstić information content (AvgIpc) is 2.71. The monoisotopic (exact) mass is 353 g/mol. The van der Waals surface area contributed by atoms with Crippen molar-refractivity contribution in [3.8, 4) is 0 Å². The van der Waals surface area contributed by atoms with Crippen LogP contribution < -0.4 is 5.76 Å². The van der Waals surface area contributed by atoms with Crippen LogP contribution in [0.15, 0.2) is 27.4 Å². The highest BCUT2D eigenvalue weighted by molar-refractivity contribution is 9.09. The van der Waals surface area contributed by atoms with Crippen molar-refractivity contribution in [2.45, 2.75) is 37.1 Å². The van der Waals surface area contributed by atoms with Crippen molar-refractivity contribution in [1.29, 1.82) is 0 Å². The molecule has 1 fully saturated rings. The van der Waals surface area contributed by atoms with E-state index in [0.717, 1.165) is 36.9 Å². The van der Waals surface area contributed by atoms with E-state index in [-0.39, 0.29) is 5.76 Å². The van der Waals surface area contributed by atoms with Crippen molar-refractivity contribution >= 4 is 27.0 Å². The summed E-state index contributed by atoms with van der Waals surface area (Å²) < 4.78 is 12.4. The maximum Gasteiger partial charge on any atom is 0.419 e. The van der Waals surface area contributed by atoms with E-state index in [4.69, 9.17) is 9.15 Å². The van der Waals surface area contributed by atoms with Gasteiger partial charge in [0.2, 0.25) is 0 Å². The van der Waals surface area contributed by atoms with Crippen molar-refractivity contribution in [2.75, 3.05) is 6.61 Å². The fourth-order valence-electron chi connectivity index (χ4n) is 3.01. The molecule has 0 N–H and O–H groups in total. The van der Waals surface area contributed by atoms with Crippen LogP contribution in [0.25, 0.3) is 11.1 Å². The molecule has 1 aliphatic carbocycles. The molecule has 0 amide bonds. The standard InChI is InChI=1S/C16H20BrNO3/c1-3-20-12-6-10(7-12)8-13(17)11-4-5-14-15(9-11)21-16(19)18(14)2/h4-5,9-10,12-13H,3,6-8H2,1-2H3. The number of oxazole rings is 1. The Morgan fingerprint density at radius 3 is 2.95 bits per heavy atom. The first-order chi connectivity index (χ1) is 10.1. The zero-order valence-electron chi connectivity index (χ0n) is 12.3. The lowest BCUT2D eigenvalue weighted by molar-refractivity contribution is -0.0264. The van der Waals surface area contributed by atoms with Crippen LogP contribution in [0.2, 0.25) is 0 Å². The molecule has 21 heavy (non-hydrogen) atoms. The SMILES string of the molecule is CCOC1CC(CC(Br)c2ccc3c(c2)oc(=O)n3C)C1. The Bertz CT molecular complexity index is 684. The Morgan fingerprint density at radius 2 is 2.24 bits per heavy atom. The second kappa shape index (κ2) is 5.97. The fraction of sp³-hybridized carbons (Fsp3) is 0.562. The molecule has 2 aromatic rings. The van der Waals surface area contributed by atoms with Crippen LogP contribution in [-0.4, -0.2) is 17.3 Å². The van der Waals surface area contributed by atoms with Gasteiger partial charge in [0.25, 0.3) is 0 Å². The number of benzene rings is 1. The summed E-state index contributed by atoms with van der Waals surface area (Å²) in [5.41, 5.74) is 2.66. The number of alkyl halides is 1. The molecule has 114 valence electrons. The van der Waals surface area contributed by atoms with Crippen LogP contribution in [0, 0.1) is 5.92 Å². The molecular formula is C16H20BrNO3. The molecule has 1 unspecified atom stereocenters. The van der Waals surface area contributed by atoms with E-state index in [9.17, 15) is 4.79 Å². The molecule has 0 spiro atoms. The summed E-state index contributed by atoms with van der Waals surface area (Å²) >= 11 is 3.76. The highest BCUT2D eigenvalue weighted by Gasteiger charge is 2.31. The topological polar surface area (TPSA) is 44.4 Å². The van der Waals surface area contributed by atoms with Gasteiger partial charge in [-0.05, 0) is 49.8 Å². The van der Waals surface area contributed by atoms with Crippen LogP contribution in [0.5, 0.6) is 0 Å². The van der Waals surface area contributed by atoms with E-state index in [2.05, 4.69) is 22.0 Å². The van der Waals surface area contributed by atoms with Crippen molar-refractivity contribution in [2.24, 2.45) is 13.0 Å². The van der Waals surface area contributed by atoms with Gasteiger partial charge in [-0.15, -0.1) is 0 Å². The Labute approximate surface area is 132 Å². The highest BCUT2D eigenvalue weighted by atomic mass is 79.9. The molecule has 0 bridgehead atoms. The lowest BCUT2D eigenvalue weighted by atomic mass is 9.78. The molecule has 4 nitrogen and oxygen atoms in total.